The monoisotopic (exact) mass is 347 g/mol. The van der Waals surface area contributed by atoms with E-state index in [-0.39, 0.29) is 17.9 Å². The summed E-state index contributed by atoms with van der Waals surface area (Å²) < 4.78 is 1.81. The van der Waals surface area contributed by atoms with E-state index in [0.717, 1.165) is 51.0 Å². The molecule has 2 heterocycles. The molecule has 1 aliphatic heterocycles. The second-order valence-corrected chi connectivity index (χ2v) is 7.14. The molecule has 1 saturated carbocycles. The first kappa shape index (κ1) is 17.8. The zero-order valence-electron chi connectivity index (χ0n) is 15.0. The number of carbonyl (C=O) groups excluding carboxylic acids is 2. The number of nitrogens with one attached hydrogen (secondary N) is 2. The fourth-order valence-corrected chi connectivity index (χ4v) is 3.77. The van der Waals surface area contributed by atoms with E-state index in [9.17, 15) is 9.59 Å². The van der Waals surface area contributed by atoms with Crippen LogP contribution in [0.3, 0.4) is 0 Å². The summed E-state index contributed by atoms with van der Waals surface area (Å²) in [6.07, 6.45) is 8.89. The van der Waals surface area contributed by atoms with Gasteiger partial charge in [-0.05, 0) is 32.1 Å². The van der Waals surface area contributed by atoms with Gasteiger partial charge in [0.2, 0.25) is 5.91 Å². The molecule has 0 radical (unpaired) electrons. The molecule has 1 aliphatic carbocycles. The molecule has 1 aromatic rings. The van der Waals surface area contributed by atoms with Gasteiger partial charge in [0.1, 0.15) is 5.82 Å². The smallest absolute Gasteiger partial charge is 0.317 e. The van der Waals surface area contributed by atoms with Crippen molar-refractivity contribution in [2.45, 2.75) is 64.5 Å². The van der Waals surface area contributed by atoms with Crippen LogP contribution in [0.5, 0.6) is 0 Å². The number of aryl methyl sites for hydroxylation is 1. The lowest BCUT2D eigenvalue weighted by Crippen LogP contribution is -2.50. The number of piperidine rings is 1. The van der Waals surface area contributed by atoms with Crippen molar-refractivity contribution in [1.82, 2.24) is 20.0 Å². The number of anilines is 1. The average Bonchev–Trinajstić information content (AvgIpc) is 3.28. The molecule has 1 saturated heterocycles. The highest BCUT2D eigenvalue weighted by Crippen LogP contribution is 2.21. The second-order valence-electron chi connectivity index (χ2n) is 7.14. The first-order valence-electron chi connectivity index (χ1n) is 9.55. The lowest BCUT2D eigenvalue weighted by molar-refractivity contribution is -0.121. The molecule has 7 nitrogen and oxygen atoms in total. The van der Waals surface area contributed by atoms with E-state index in [0.29, 0.717) is 12.6 Å². The first-order chi connectivity index (χ1) is 12.2. The summed E-state index contributed by atoms with van der Waals surface area (Å²) in [6, 6.07) is 2.12. The molecule has 1 aromatic heterocycles. The summed E-state index contributed by atoms with van der Waals surface area (Å²) in [5.41, 5.74) is 0. The minimum Gasteiger partial charge on any atom is -0.335 e. The third-order valence-electron chi connectivity index (χ3n) is 5.17. The molecule has 1 atom stereocenters. The van der Waals surface area contributed by atoms with Gasteiger partial charge in [0.05, 0.1) is 12.1 Å². The minimum absolute atomic E-state index is 0.0135. The van der Waals surface area contributed by atoms with Gasteiger partial charge in [-0.1, -0.05) is 19.8 Å². The van der Waals surface area contributed by atoms with Crippen molar-refractivity contribution in [3.8, 4) is 0 Å². The van der Waals surface area contributed by atoms with Crippen LogP contribution in [0.25, 0.3) is 0 Å². The van der Waals surface area contributed by atoms with Crippen molar-refractivity contribution in [3.05, 3.63) is 12.3 Å². The third-order valence-corrected chi connectivity index (χ3v) is 5.17. The minimum atomic E-state index is -0.159. The van der Waals surface area contributed by atoms with Crippen LogP contribution >= 0.6 is 0 Å². The van der Waals surface area contributed by atoms with E-state index < -0.39 is 0 Å². The maximum absolute atomic E-state index is 12.6. The van der Waals surface area contributed by atoms with Crippen LogP contribution in [0.1, 0.15) is 51.9 Å². The Hall–Kier alpha value is -2.05. The van der Waals surface area contributed by atoms with Crippen LogP contribution in [-0.4, -0.2) is 45.8 Å². The number of hydrogen-bond donors (Lipinski definition) is 2. The van der Waals surface area contributed by atoms with Crippen molar-refractivity contribution in [2.24, 2.45) is 5.92 Å². The largest absolute Gasteiger partial charge is 0.335 e. The zero-order chi connectivity index (χ0) is 17.6. The number of rotatable bonds is 5. The van der Waals surface area contributed by atoms with E-state index >= 15 is 0 Å². The molecule has 0 bridgehead atoms. The molecule has 2 aliphatic rings. The van der Waals surface area contributed by atoms with E-state index in [1.54, 1.807) is 11.1 Å². The quantitative estimate of drug-likeness (QED) is 0.859. The zero-order valence-corrected chi connectivity index (χ0v) is 15.0. The van der Waals surface area contributed by atoms with Gasteiger partial charge in [-0.3, -0.25) is 4.79 Å². The Bertz CT molecular complexity index is 594. The van der Waals surface area contributed by atoms with Crippen LogP contribution in [0, 0.1) is 5.92 Å². The molecule has 0 aromatic carbocycles. The van der Waals surface area contributed by atoms with E-state index in [2.05, 4.69) is 22.7 Å². The Morgan fingerprint density at radius 1 is 1.24 bits per heavy atom. The van der Waals surface area contributed by atoms with Gasteiger partial charge in [-0.2, -0.15) is 5.10 Å². The second kappa shape index (κ2) is 8.36. The highest BCUT2D eigenvalue weighted by Gasteiger charge is 2.30. The number of nitrogens with zero attached hydrogens (tertiary/aromatic N) is 3. The molecule has 1 unspecified atom stereocenters. The van der Waals surface area contributed by atoms with Crippen molar-refractivity contribution in [1.29, 1.82) is 0 Å². The fourth-order valence-electron chi connectivity index (χ4n) is 3.77. The summed E-state index contributed by atoms with van der Waals surface area (Å²) >= 11 is 0. The Labute approximate surface area is 149 Å². The Kier molecular flexibility index (Phi) is 5.94. The van der Waals surface area contributed by atoms with Crippen LogP contribution in [0.2, 0.25) is 0 Å². The summed E-state index contributed by atoms with van der Waals surface area (Å²) in [6.45, 7) is 4.08. The SMILES string of the molecule is CCCn1nccc1NC(=O)C1CCCN(C(=O)NC2CCCC2)C1. The van der Waals surface area contributed by atoms with Gasteiger partial charge in [0.25, 0.3) is 0 Å². The van der Waals surface area contributed by atoms with Crippen LogP contribution in [0.4, 0.5) is 10.6 Å². The molecule has 138 valence electrons. The molecular formula is C18H29N5O2. The van der Waals surface area contributed by atoms with Crippen LogP contribution in [-0.2, 0) is 11.3 Å². The molecule has 7 heteroatoms. The lowest BCUT2D eigenvalue weighted by Gasteiger charge is -2.33. The Morgan fingerprint density at radius 3 is 2.80 bits per heavy atom. The van der Waals surface area contributed by atoms with E-state index in [1.165, 1.54) is 12.8 Å². The lowest BCUT2D eigenvalue weighted by atomic mass is 9.97. The number of carbonyl (C=O) groups is 2. The van der Waals surface area contributed by atoms with Crippen molar-refractivity contribution >= 4 is 17.8 Å². The number of aromatic nitrogens is 2. The molecule has 2 N–H and O–H groups in total. The summed E-state index contributed by atoms with van der Waals surface area (Å²) in [4.78, 5) is 26.9. The van der Waals surface area contributed by atoms with E-state index in [4.69, 9.17) is 0 Å². The number of likely N-dealkylation sites (tertiary alicyclic amines) is 1. The van der Waals surface area contributed by atoms with Crippen molar-refractivity contribution in [2.75, 3.05) is 18.4 Å². The summed E-state index contributed by atoms with van der Waals surface area (Å²) in [7, 11) is 0. The average molecular weight is 347 g/mol. The van der Waals surface area contributed by atoms with Crippen molar-refractivity contribution in [3.63, 3.8) is 0 Å². The predicted molar refractivity (Wildman–Crippen MR) is 96.2 cm³/mol. The van der Waals surface area contributed by atoms with Gasteiger partial charge < -0.3 is 15.5 Å². The topological polar surface area (TPSA) is 79.3 Å². The Balaban J connectivity index is 1.54. The molecule has 3 amide bonds. The fraction of sp³-hybridized carbons (Fsp3) is 0.722. The van der Waals surface area contributed by atoms with Gasteiger partial charge >= 0.3 is 6.03 Å². The molecule has 2 fully saturated rings. The summed E-state index contributed by atoms with van der Waals surface area (Å²) in [5, 5.41) is 10.3. The molecule has 0 spiro atoms. The van der Waals surface area contributed by atoms with Crippen LogP contribution in [0.15, 0.2) is 12.3 Å². The van der Waals surface area contributed by atoms with E-state index in [1.807, 2.05) is 10.7 Å². The van der Waals surface area contributed by atoms with Gasteiger partial charge in [0, 0.05) is 31.7 Å². The molecule has 25 heavy (non-hydrogen) atoms. The summed E-state index contributed by atoms with van der Waals surface area (Å²) in [5.74, 6) is 0.559. The third kappa shape index (κ3) is 4.52. The van der Waals surface area contributed by atoms with Gasteiger partial charge in [-0.15, -0.1) is 0 Å². The maximum atomic E-state index is 12.6. The highest BCUT2D eigenvalue weighted by molar-refractivity contribution is 5.92. The molecule has 3 rings (SSSR count). The Morgan fingerprint density at radius 2 is 2.04 bits per heavy atom. The number of amides is 3. The number of hydrogen-bond acceptors (Lipinski definition) is 3. The standard InChI is InChI=1S/C18H29N5O2/c1-2-11-23-16(9-10-19-23)21-17(24)14-6-5-12-22(13-14)18(25)20-15-7-3-4-8-15/h9-10,14-15H,2-8,11-13H2,1H3,(H,20,25)(H,21,24). The first-order valence-corrected chi connectivity index (χ1v) is 9.55. The van der Waals surface area contributed by atoms with Gasteiger partial charge in [-0.25, -0.2) is 9.48 Å². The normalized spacial score (nSPS) is 21.3. The van der Waals surface area contributed by atoms with Crippen LogP contribution < -0.4 is 10.6 Å². The molecular weight excluding hydrogens is 318 g/mol. The maximum Gasteiger partial charge on any atom is 0.317 e. The van der Waals surface area contributed by atoms with Crippen molar-refractivity contribution < 1.29 is 9.59 Å². The number of urea groups is 1. The predicted octanol–water partition coefficient (Wildman–Crippen LogP) is 2.60. The highest BCUT2D eigenvalue weighted by atomic mass is 16.2. The van der Waals surface area contributed by atoms with Gasteiger partial charge in [0.15, 0.2) is 0 Å².